The second-order valence-corrected chi connectivity index (χ2v) is 10.00. The van der Waals surface area contributed by atoms with E-state index in [1.54, 1.807) is 36.4 Å². The van der Waals surface area contributed by atoms with Crippen molar-refractivity contribution in [1.29, 1.82) is 0 Å². The van der Waals surface area contributed by atoms with Crippen LogP contribution in [0.1, 0.15) is 16.8 Å². The van der Waals surface area contributed by atoms with Gasteiger partial charge in [0.15, 0.2) is 0 Å². The minimum Gasteiger partial charge on any atom is -0.322 e. The Morgan fingerprint density at radius 1 is 0.862 bits per heavy atom. The van der Waals surface area contributed by atoms with E-state index < -0.39 is 0 Å². The van der Waals surface area contributed by atoms with Crippen LogP contribution in [0.2, 0.25) is 0 Å². The van der Waals surface area contributed by atoms with Crippen molar-refractivity contribution in [2.75, 3.05) is 10.2 Å². The first kappa shape index (κ1) is 19.0. The highest BCUT2D eigenvalue weighted by atomic mass is 79.9. The number of benzene rings is 2. The molecule has 3 aliphatic rings. The highest BCUT2D eigenvalue weighted by molar-refractivity contribution is 9.12. The summed E-state index contributed by atoms with van der Waals surface area (Å²) in [5, 5.41) is 2.83. The van der Waals surface area contributed by atoms with E-state index in [0.29, 0.717) is 16.9 Å². The summed E-state index contributed by atoms with van der Waals surface area (Å²) >= 11 is 7.41. The molecule has 2 saturated carbocycles. The van der Waals surface area contributed by atoms with E-state index >= 15 is 0 Å². The summed E-state index contributed by atoms with van der Waals surface area (Å²) in [6, 6.07) is 15.8. The van der Waals surface area contributed by atoms with Crippen molar-refractivity contribution < 1.29 is 14.4 Å². The Labute approximate surface area is 185 Å². The topological polar surface area (TPSA) is 66.5 Å². The third-order valence-corrected chi connectivity index (χ3v) is 9.61. The number of hydrogen-bond donors (Lipinski definition) is 1. The lowest BCUT2D eigenvalue weighted by atomic mass is 9.81. The van der Waals surface area contributed by atoms with E-state index in [4.69, 9.17) is 0 Å². The predicted octanol–water partition coefficient (Wildman–Crippen LogP) is 4.22. The van der Waals surface area contributed by atoms with Gasteiger partial charge in [0.25, 0.3) is 5.91 Å². The molecule has 2 aromatic rings. The number of alkyl halides is 2. The quantitative estimate of drug-likeness (QED) is 0.489. The van der Waals surface area contributed by atoms with Crippen LogP contribution < -0.4 is 10.2 Å². The predicted molar refractivity (Wildman–Crippen MR) is 117 cm³/mol. The maximum Gasteiger partial charge on any atom is 0.255 e. The summed E-state index contributed by atoms with van der Waals surface area (Å²) in [5.41, 5.74) is 1.74. The molecule has 0 aromatic heterocycles. The molecule has 6 atom stereocenters. The van der Waals surface area contributed by atoms with E-state index in [2.05, 4.69) is 37.2 Å². The Morgan fingerprint density at radius 2 is 1.41 bits per heavy atom. The highest BCUT2D eigenvalue weighted by Crippen LogP contribution is 2.60. The standard InChI is InChI=1S/C22H18Br2N2O3/c23-18-14-10-15(19(18)24)17-16(14)21(28)26(22(17)29)13-8-6-12(7-9-13)25-20(27)11-4-2-1-3-5-11/h1-9,14-19H,10H2,(H,25,27)/t14-,15-,16-,17+,18-,19+/m0/s1. The van der Waals surface area contributed by atoms with Gasteiger partial charge < -0.3 is 5.32 Å². The minimum atomic E-state index is -0.233. The lowest BCUT2D eigenvalue weighted by Crippen LogP contribution is -2.37. The molecular formula is C22H18Br2N2O3. The minimum absolute atomic E-state index is 0.0996. The van der Waals surface area contributed by atoms with Gasteiger partial charge >= 0.3 is 0 Å². The van der Waals surface area contributed by atoms with Crippen molar-refractivity contribution in [1.82, 2.24) is 0 Å². The zero-order valence-electron chi connectivity index (χ0n) is 15.3. The number of carbonyl (C=O) groups excluding carboxylic acids is 3. The van der Waals surface area contributed by atoms with Crippen LogP contribution in [0, 0.1) is 23.7 Å². The molecule has 3 fully saturated rings. The Balaban J connectivity index is 1.35. The second-order valence-electron chi connectivity index (χ2n) is 7.88. The fourth-order valence-corrected chi connectivity index (χ4v) is 6.96. The molecule has 0 radical (unpaired) electrons. The molecule has 7 heteroatoms. The number of amides is 3. The van der Waals surface area contributed by atoms with Gasteiger partial charge in [-0.3, -0.25) is 19.3 Å². The Hall–Kier alpha value is -1.99. The fraction of sp³-hybridized carbons (Fsp3) is 0.318. The molecule has 0 spiro atoms. The van der Waals surface area contributed by atoms with Gasteiger partial charge in [-0.1, -0.05) is 50.1 Å². The normalized spacial score (nSPS) is 32.6. The molecule has 1 heterocycles. The average molecular weight is 518 g/mol. The van der Waals surface area contributed by atoms with Crippen LogP contribution in [0.4, 0.5) is 11.4 Å². The van der Waals surface area contributed by atoms with Gasteiger partial charge in [-0.05, 0) is 54.7 Å². The molecule has 2 bridgehead atoms. The zero-order valence-corrected chi connectivity index (χ0v) is 18.5. The van der Waals surface area contributed by atoms with E-state index in [1.165, 1.54) is 4.90 Å². The molecule has 5 nitrogen and oxygen atoms in total. The lowest BCUT2D eigenvalue weighted by molar-refractivity contribution is -0.123. The first-order valence-corrected chi connectivity index (χ1v) is 11.4. The molecular weight excluding hydrogens is 500 g/mol. The first-order chi connectivity index (χ1) is 14.0. The number of nitrogens with zero attached hydrogens (tertiary/aromatic N) is 1. The van der Waals surface area contributed by atoms with Crippen molar-refractivity contribution in [2.45, 2.75) is 16.1 Å². The Bertz CT molecular complexity index is 963. The van der Waals surface area contributed by atoms with Crippen molar-refractivity contribution in [3.63, 3.8) is 0 Å². The third kappa shape index (κ3) is 2.89. The SMILES string of the molecule is O=C(Nc1ccc(N2C(=O)[C@@H]3[C@@H]4C[C@H]([C@H](Br)[C@@H]4Br)[C@@H]3C2=O)cc1)c1ccccc1. The molecule has 1 N–H and O–H groups in total. The lowest BCUT2D eigenvalue weighted by Gasteiger charge is -2.28. The van der Waals surface area contributed by atoms with Crippen LogP contribution >= 0.6 is 31.9 Å². The van der Waals surface area contributed by atoms with Crippen molar-refractivity contribution >= 4 is 61.0 Å². The summed E-state index contributed by atoms with van der Waals surface area (Å²) in [6.07, 6.45) is 0.914. The molecule has 2 aromatic carbocycles. The summed E-state index contributed by atoms with van der Waals surface area (Å²) in [4.78, 5) is 40.2. The summed E-state index contributed by atoms with van der Waals surface area (Å²) in [7, 11) is 0. The number of hydrogen-bond acceptors (Lipinski definition) is 3. The third-order valence-electron chi connectivity index (χ3n) is 6.41. The van der Waals surface area contributed by atoms with Gasteiger partial charge in [-0.15, -0.1) is 0 Å². The molecule has 5 rings (SSSR count). The van der Waals surface area contributed by atoms with Gasteiger partial charge in [0, 0.05) is 20.9 Å². The van der Waals surface area contributed by atoms with E-state index in [1.807, 2.05) is 18.2 Å². The molecule has 0 unspecified atom stereocenters. The Kier molecular flexibility index (Phi) is 4.62. The maximum atomic E-state index is 13.1. The molecule has 2 aliphatic carbocycles. The van der Waals surface area contributed by atoms with Gasteiger partial charge in [0.2, 0.25) is 11.8 Å². The van der Waals surface area contributed by atoms with Crippen LogP contribution in [-0.2, 0) is 9.59 Å². The van der Waals surface area contributed by atoms with Gasteiger partial charge in [0.1, 0.15) is 0 Å². The van der Waals surface area contributed by atoms with Gasteiger partial charge in [-0.2, -0.15) is 0 Å². The molecule has 1 saturated heterocycles. The second kappa shape index (κ2) is 7.06. The summed E-state index contributed by atoms with van der Waals surface area (Å²) < 4.78 is 0. The largest absolute Gasteiger partial charge is 0.322 e. The average Bonchev–Trinajstić information content (AvgIpc) is 3.34. The number of nitrogens with one attached hydrogen (secondary N) is 1. The maximum absolute atomic E-state index is 13.1. The first-order valence-electron chi connectivity index (χ1n) is 9.60. The monoisotopic (exact) mass is 516 g/mol. The number of anilines is 2. The van der Waals surface area contributed by atoms with Crippen LogP contribution in [0.25, 0.3) is 0 Å². The molecule has 1 aliphatic heterocycles. The van der Waals surface area contributed by atoms with Gasteiger partial charge in [0.05, 0.1) is 17.5 Å². The van der Waals surface area contributed by atoms with E-state index in [9.17, 15) is 14.4 Å². The van der Waals surface area contributed by atoms with Crippen LogP contribution in [0.5, 0.6) is 0 Å². The van der Waals surface area contributed by atoms with Crippen LogP contribution in [0.15, 0.2) is 54.6 Å². The molecule has 148 valence electrons. The number of imide groups is 1. The zero-order chi connectivity index (χ0) is 20.3. The summed E-state index contributed by atoms with van der Waals surface area (Å²) in [5.74, 6) is -0.480. The van der Waals surface area contributed by atoms with Crippen LogP contribution in [0.3, 0.4) is 0 Å². The van der Waals surface area contributed by atoms with Gasteiger partial charge in [-0.25, -0.2) is 0 Å². The number of halogens is 2. The Morgan fingerprint density at radius 3 is 1.97 bits per heavy atom. The number of rotatable bonds is 3. The number of carbonyl (C=O) groups is 3. The highest BCUT2D eigenvalue weighted by Gasteiger charge is 2.66. The number of fused-ring (bicyclic) bond motifs is 5. The molecule has 29 heavy (non-hydrogen) atoms. The smallest absolute Gasteiger partial charge is 0.255 e. The summed E-state index contributed by atoms with van der Waals surface area (Å²) in [6.45, 7) is 0. The van der Waals surface area contributed by atoms with Crippen molar-refractivity contribution in [2.24, 2.45) is 23.7 Å². The van der Waals surface area contributed by atoms with E-state index in [-0.39, 0.29) is 51.0 Å². The fourth-order valence-electron chi connectivity index (χ4n) is 5.09. The van der Waals surface area contributed by atoms with E-state index in [0.717, 1.165) is 6.42 Å². The van der Waals surface area contributed by atoms with Crippen LogP contribution in [-0.4, -0.2) is 27.4 Å². The molecule has 3 amide bonds. The van der Waals surface area contributed by atoms with Crippen molar-refractivity contribution in [3.05, 3.63) is 60.2 Å². The van der Waals surface area contributed by atoms with Crippen molar-refractivity contribution in [3.8, 4) is 0 Å².